The summed E-state index contributed by atoms with van der Waals surface area (Å²) in [5.74, 6) is 0.148. The first-order chi connectivity index (χ1) is 11.1. The van der Waals surface area contributed by atoms with Crippen molar-refractivity contribution in [2.75, 3.05) is 0 Å². The first-order valence-electron chi connectivity index (χ1n) is 8.13. The van der Waals surface area contributed by atoms with E-state index in [1.54, 1.807) is 12.1 Å². The number of aryl methyl sites for hydroxylation is 1. The fourth-order valence-corrected chi connectivity index (χ4v) is 2.81. The van der Waals surface area contributed by atoms with E-state index in [9.17, 15) is 4.79 Å². The molecule has 23 heavy (non-hydrogen) atoms. The molecule has 0 aliphatic heterocycles. The van der Waals surface area contributed by atoms with Crippen molar-refractivity contribution >= 4 is 5.97 Å². The molecule has 3 rings (SSSR count). The summed E-state index contributed by atoms with van der Waals surface area (Å²) in [6, 6.07) is 11.4. The van der Waals surface area contributed by atoms with E-state index in [1.165, 1.54) is 11.1 Å². The molecule has 1 unspecified atom stereocenters. The van der Waals surface area contributed by atoms with E-state index in [-0.39, 0.29) is 12.0 Å². The number of hydroxylamine groups is 1. The molecule has 0 bridgehead atoms. The molecule has 1 aliphatic rings. The van der Waals surface area contributed by atoms with Gasteiger partial charge in [0.2, 0.25) is 0 Å². The van der Waals surface area contributed by atoms with Crippen LogP contribution in [-0.4, -0.2) is 17.0 Å². The number of nitrogens with zero attached hydrogens (tertiary/aromatic N) is 1. The highest BCUT2D eigenvalue weighted by Crippen LogP contribution is 2.23. The fraction of sp³-hybridized carbons (Fsp3) is 0.368. The van der Waals surface area contributed by atoms with Crippen LogP contribution in [-0.2, 0) is 17.7 Å². The third-order valence-corrected chi connectivity index (χ3v) is 4.28. The highest BCUT2D eigenvalue weighted by Gasteiger charge is 2.21. The van der Waals surface area contributed by atoms with Crippen LogP contribution in [0.1, 0.15) is 53.4 Å². The molecule has 0 saturated carbocycles. The van der Waals surface area contributed by atoms with Crippen molar-refractivity contribution in [1.82, 2.24) is 10.5 Å². The summed E-state index contributed by atoms with van der Waals surface area (Å²) in [5.41, 5.74) is 7.17. The van der Waals surface area contributed by atoms with E-state index in [0.29, 0.717) is 11.5 Å². The second kappa shape index (κ2) is 6.92. The first kappa shape index (κ1) is 15.7. The molecule has 4 heteroatoms. The van der Waals surface area contributed by atoms with Gasteiger partial charge in [0.05, 0.1) is 5.56 Å². The maximum absolute atomic E-state index is 12.0. The highest BCUT2D eigenvalue weighted by molar-refractivity contribution is 5.89. The topological polar surface area (TPSA) is 51.2 Å². The number of pyridine rings is 1. The molecule has 1 aromatic carbocycles. The quantitative estimate of drug-likeness (QED) is 0.879. The van der Waals surface area contributed by atoms with Crippen LogP contribution < -0.4 is 5.48 Å². The predicted octanol–water partition coefficient (Wildman–Crippen LogP) is 3.42. The van der Waals surface area contributed by atoms with Crippen molar-refractivity contribution in [2.24, 2.45) is 0 Å². The van der Waals surface area contributed by atoms with Crippen LogP contribution in [0.2, 0.25) is 0 Å². The van der Waals surface area contributed by atoms with Gasteiger partial charge in [-0.25, -0.2) is 4.79 Å². The first-order valence-corrected chi connectivity index (χ1v) is 8.13. The lowest BCUT2D eigenvalue weighted by atomic mass is 9.90. The summed E-state index contributed by atoms with van der Waals surface area (Å²) in [6.45, 7) is 4.36. The van der Waals surface area contributed by atoms with Crippen LogP contribution in [0.25, 0.3) is 0 Å². The maximum atomic E-state index is 12.0. The van der Waals surface area contributed by atoms with Crippen LogP contribution in [0.15, 0.2) is 42.6 Å². The summed E-state index contributed by atoms with van der Waals surface area (Å²) in [4.78, 5) is 21.8. The SMILES string of the molecule is CC(C)c1cnc2c(c1)CCC(NOC(=O)c1ccccc1)C2. The molecule has 0 fully saturated rings. The number of aromatic nitrogens is 1. The third-order valence-electron chi connectivity index (χ3n) is 4.28. The Kier molecular flexibility index (Phi) is 4.72. The monoisotopic (exact) mass is 310 g/mol. The Bertz CT molecular complexity index is 683. The second-order valence-electron chi connectivity index (χ2n) is 6.34. The molecule has 2 aromatic rings. The van der Waals surface area contributed by atoms with Gasteiger partial charge in [0, 0.05) is 24.4 Å². The molecule has 1 aromatic heterocycles. The Morgan fingerprint density at radius 2 is 2.09 bits per heavy atom. The van der Waals surface area contributed by atoms with Crippen LogP contribution in [0.3, 0.4) is 0 Å². The minimum Gasteiger partial charge on any atom is -0.366 e. The molecule has 1 atom stereocenters. The van der Waals surface area contributed by atoms with E-state index in [1.807, 2.05) is 24.4 Å². The summed E-state index contributed by atoms with van der Waals surface area (Å²) < 4.78 is 0. The molecular weight excluding hydrogens is 288 g/mol. The van der Waals surface area contributed by atoms with E-state index in [0.717, 1.165) is 25.0 Å². The average Bonchev–Trinajstić information content (AvgIpc) is 2.59. The van der Waals surface area contributed by atoms with Gasteiger partial charge in [-0.3, -0.25) is 4.98 Å². The van der Waals surface area contributed by atoms with Gasteiger partial charge in [-0.1, -0.05) is 38.1 Å². The number of carbonyl (C=O) groups is 1. The summed E-state index contributed by atoms with van der Waals surface area (Å²) in [5, 5.41) is 0. The Morgan fingerprint density at radius 1 is 1.30 bits per heavy atom. The molecule has 0 spiro atoms. The number of hydrogen-bond acceptors (Lipinski definition) is 4. The van der Waals surface area contributed by atoms with E-state index in [4.69, 9.17) is 4.84 Å². The van der Waals surface area contributed by atoms with Gasteiger partial charge < -0.3 is 4.84 Å². The van der Waals surface area contributed by atoms with Crippen LogP contribution >= 0.6 is 0 Å². The summed E-state index contributed by atoms with van der Waals surface area (Å²) in [6.07, 6.45) is 4.65. The average molecular weight is 310 g/mol. The predicted molar refractivity (Wildman–Crippen MR) is 89.1 cm³/mol. The van der Waals surface area contributed by atoms with Crippen molar-refractivity contribution < 1.29 is 9.63 Å². The smallest absolute Gasteiger partial charge is 0.356 e. The van der Waals surface area contributed by atoms with Gasteiger partial charge in [0.25, 0.3) is 0 Å². The van der Waals surface area contributed by atoms with Gasteiger partial charge in [-0.05, 0) is 42.0 Å². The molecular formula is C19H22N2O2. The third kappa shape index (κ3) is 3.77. The van der Waals surface area contributed by atoms with Gasteiger partial charge in [0.1, 0.15) is 0 Å². The Morgan fingerprint density at radius 3 is 2.83 bits per heavy atom. The molecule has 0 amide bonds. The van der Waals surface area contributed by atoms with Gasteiger partial charge >= 0.3 is 5.97 Å². The Hall–Kier alpha value is -2.20. The van der Waals surface area contributed by atoms with E-state index in [2.05, 4.69) is 30.4 Å². The van der Waals surface area contributed by atoms with Crippen LogP contribution in [0.5, 0.6) is 0 Å². The highest BCUT2D eigenvalue weighted by atomic mass is 16.7. The minimum absolute atomic E-state index is 0.118. The van der Waals surface area contributed by atoms with Crippen LogP contribution in [0, 0.1) is 0 Å². The zero-order chi connectivity index (χ0) is 16.2. The van der Waals surface area contributed by atoms with Crippen molar-refractivity contribution in [2.45, 2.75) is 45.1 Å². The molecule has 120 valence electrons. The number of hydrogen-bond donors (Lipinski definition) is 1. The van der Waals surface area contributed by atoms with E-state index >= 15 is 0 Å². The summed E-state index contributed by atoms with van der Waals surface area (Å²) >= 11 is 0. The van der Waals surface area contributed by atoms with Crippen molar-refractivity contribution in [3.8, 4) is 0 Å². The zero-order valence-corrected chi connectivity index (χ0v) is 13.6. The fourth-order valence-electron chi connectivity index (χ4n) is 2.81. The standard InChI is InChI=1S/C19H22N2O2/c1-13(2)16-10-15-8-9-17(11-18(15)20-12-16)21-23-19(22)14-6-4-3-5-7-14/h3-7,10,12-13,17,21H,8-9,11H2,1-2H3. The Balaban J connectivity index is 1.59. The van der Waals surface area contributed by atoms with E-state index < -0.39 is 0 Å². The lowest BCUT2D eigenvalue weighted by Gasteiger charge is -2.24. The maximum Gasteiger partial charge on any atom is 0.356 e. The van der Waals surface area contributed by atoms with Crippen LogP contribution in [0.4, 0.5) is 0 Å². The zero-order valence-electron chi connectivity index (χ0n) is 13.6. The van der Waals surface area contributed by atoms with Gasteiger partial charge in [-0.15, -0.1) is 5.48 Å². The molecule has 1 heterocycles. The number of carbonyl (C=O) groups excluding carboxylic acids is 1. The number of benzene rings is 1. The van der Waals surface area contributed by atoms with Crippen molar-refractivity contribution in [3.05, 3.63) is 65.0 Å². The second-order valence-corrected chi connectivity index (χ2v) is 6.34. The molecule has 4 nitrogen and oxygen atoms in total. The molecule has 0 saturated heterocycles. The van der Waals surface area contributed by atoms with Gasteiger partial charge in [-0.2, -0.15) is 0 Å². The van der Waals surface area contributed by atoms with Crippen molar-refractivity contribution in [3.63, 3.8) is 0 Å². The van der Waals surface area contributed by atoms with Crippen molar-refractivity contribution in [1.29, 1.82) is 0 Å². The number of fused-ring (bicyclic) bond motifs is 1. The normalized spacial score (nSPS) is 16.9. The molecule has 1 N–H and O–H groups in total. The minimum atomic E-state index is -0.348. The molecule has 1 aliphatic carbocycles. The molecule has 0 radical (unpaired) electrons. The lowest BCUT2D eigenvalue weighted by Crippen LogP contribution is -2.36. The number of rotatable bonds is 4. The largest absolute Gasteiger partial charge is 0.366 e. The Labute approximate surface area is 136 Å². The van der Waals surface area contributed by atoms with Gasteiger partial charge in [0.15, 0.2) is 0 Å². The lowest BCUT2D eigenvalue weighted by molar-refractivity contribution is 0.0138. The number of nitrogens with one attached hydrogen (secondary N) is 1. The summed E-state index contributed by atoms with van der Waals surface area (Å²) in [7, 11) is 0.